The van der Waals surface area contributed by atoms with Crippen LogP contribution in [0.25, 0.3) is 0 Å². The maximum atomic E-state index is 6.46. The van der Waals surface area contributed by atoms with E-state index in [1.807, 2.05) is 24.3 Å². The van der Waals surface area contributed by atoms with Gasteiger partial charge < -0.3 is 9.47 Å². The zero-order chi connectivity index (χ0) is 14.0. The van der Waals surface area contributed by atoms with Gasteiger partial charge >= 0.3 is 0 Å². The molecule has 3 rings (SSSR count). The van der Waals surface area contributed by atoms with Gasteiger partial charge in [0.15, 0.2) is 0 Å². The third kappa shape index (κ3) is 2.50. The number of alkyl halides is 1. The van der Waals surface area contributed by atoms with Gasteiger partial charge in [-0.15, -0.1) is 11.6 Å². The quantitative estimate of drug-likeness (QED) is 0.727. The molecule has 1 aromatic rings. The zero-order valence-electron chi connectivity index (χ0n) is 12.1. The highest BCUT2D eigenvalue weighted by molar-refractivity contribution is 6.21. The Bertz CT molecular complexity index is 437. The van der Waals surface area contributed by atoms with Gasteiger partial charge in [0, 0.05) is 17.2 Å². The molecule has 110 valence electrons. The molecule has 0 amide bonds. The van der Waals surface area contributed by atoms with Gasteiger partial charge in [0.25, 0.3) is 0 Å². The lowest BCUT2D eigenvalue weighted by molar-refractivity contribution is -0.0355. The molecule has 2 unspecified atom stereocenters. The predicted octanol–water partition coefficient (Wildman–Crippen LogP) is 4.79. The fourth-order valence-corrected chi connectivity index (χ4v) is 4.05. The molecule has 0 N–H and O–H groups in total. The molecule has 1 spiro atoms. The Balaban J connectivity index is 1.60. The summed E-state index contributed by atoms with van der Waals surface area (Å²) in [6.45, 7) is 2.87. The third-order valence-corrected chi connectivity index (χ3v) is 5.41. The molecule has 0 bridgehead atoms. The molecule has 0 saturated heterocycles. The highest BCUT2D eigenvalue weighted by atomic mass is 35.5. The van der Waals surface area contributed by atoms with Crippen molar-refractivity contribution in [2.75, 3.05) is 6.61 Å². The van der Waals surface area contributed by atoms with Crippen LogP contribution in [-0.2, 0) is 0 Å². The Labute approximate surface area is 126 Å². The summed E-state index contributed by atoms with van der Waals surface area (Å²) in [5.41, 5.74) is 0.249. The molecular formula is C17H23ClO2. The van der Waals surface area contributed by atoms with Gasteiger partial charge in [-0.3, -0.25) is 0 Å². The molecule has 0 heterocycles. The summed E-state index contributed by atoms with van der Waals surface area (Å²) >= 11 is 6.46. The van der Waals surface area contributed by atoms with Gasteiger partial charge in [-0.1, -0.05) is 19.8 Å². The molecule has 2 saturated carbocycles. The Morgan fingerprint density at radius 1 is 1.15 bits per heavy atom. The van der Waals surface area contributed by atoms with Crippen molar-refractivity contribution in [1.82, 2.24) is 0 Å². The van der Waals surface area contributed by atoms with E-state index in [2.05, 4.69) is 6.92 Å². The van der Waals surface area contributed by atoms with E-state index in [0.29, 0.717) is 11.5 Å². The number of hydrogen-bond donors (Lipinski definition) is 0. The van der Waals surface area contributed by atoms with Gasteiger partial charge in [0.1, 0.15) is 17.6 Å². The number of ether oxygens (including phenoxy) is 2. The van der Waals surface area contributed by atoms with Crippen LogP contribution >= 0.6 is 11.6 Å². The molecule has 2 aliphatic carbocycles. The van der Waals surface area contributed by atoms with E-state index in [4.69, 9.17) is 21.1 Å². The monoisotopic (exact) mass is 294 g/mol. The van der Waals surface area contributed by atoms with E-state index >= 15 is 0 Å². The highest BCUT2D eigenvalue weighted by Crippen LogP contribution is 2.57. The van der Waals surface area contributed by atoms with Crippen LogP contribution in [-0.4, -0.2) is 18.1 Å². The molecular weight excluding hydrogens is 272 g/mol. The standard InChI is InChI=1S/C17H23ClO2/c1-2-11-19-13-5-7-14(8-6-13)20-16-12-15(18)17(16)9-3-4-10-17/h5-8,15-16H,2-4,9-12H2,1H3. The van der Waals surface area contributed by atoms with Crippen molar-refractivity contribution in [2.45, 2.75) is 56.9 Å². The minimum absolute atomic E-state index is 0.249. The highest BCUT2D eigenvalue weighted by Gasteiger charge is 2.56. The van der Waals surface area contributed by atoms with E-state index in [-0.39, 0.29) is 5.41 Å². The summed E-state index contributed by atoms with van der Waals surface area (Å²) in [5.74, 6) is 1.85. The minimum Gasteiger partial charge on any atom is -0.494 e. The van der Waals surface area contributed by atoms with Gasteiger partial charge in [-0.25, -0.2) is 0 Å². The first-order valence-electron chi connectivity index (χ1n) is 7.78. The molecule has 1 aromatic carbocycles. The van der Waals surface area contributed by atoms with Crippen molar-refractivity contribution in [1.29, 1.82) is 0 Å². The lowest BCUT2D eigenvalue weighted by atomic mass is 9.64. The Morgan fingerprint density at radius 3 is 2.40 bits per heavy atom. The Kier molecular flexibility index (Phi) is 4.11. The van der Waals surface area contributed by atoms with Crippen molar-refractivity contribution in [3.05, 3.63) is 24.3 Å². The van der Waals surface area contributed by atoms with Crippen LogP contribution in [0.1, 0.15) is 45.4 Å². The van der Waals surface area contributed by atoms with Crippen LogP contribution in [0.4, 0.5) is 0 Å². The minimum atomic E-state index is 0.249. The van der Waals surface area contributed by atoms with E-state index in [1.54, 1.807) is 0 Å². The van der Waals surface area contributed by atoms with Gasteiger partial charge in [0.05, 0.1) is 6.61 Å². The van der Waals surface area contributed by atoms with Crippen LogP contribution in [0.3, 0.4) is 0 Å². The van der Waals surface area contributed by atoms with E-state index in [1.165, 1.54) is 25.7 Å². The SMILES string of the molecule is CCCOc1ccc(OC2CC(Cl)C23CCCC3)cc1. The van der Waals surface area contributed by atoms with Crippen LogP contribution in [0, 0.1) is 5.41 Å². The van der Waals surface area contributed by atoms with Crippen LogP contribution in [0.15, 0.2) is 24.3 Å². The molecule has 2 atom stereocenters. The van der Waals surface area contributed by atoms with Crippen LogP contribution in [0.2, 0.25) is 0 Å². The lowest BCUT2D eigenvalue weighted by Crippen LogP contribution is -2.55. The summed E-state index contributed by atoms with van der Waals surface area (Å²) in [6.07, 6.45) is 7.36. The first kappa shape index (κ1) is 14.1. The maximum Gasteiger partial charge on any atom is 0.120 e. The second kappa shape index (κ2) is 5.85. The number of rotatable bonds is 5. The molecule has 0 radical (unpaired) electrons. The molecule has 0 aliphatic heterocycles. The first-order chi connectivity index (χ1) is 9.74. The predicted molar refractivity (Wildman–Crippen MR) is 81.8 cm³/mol. The second-order valence-corrected chi connectivity index (χ2v) is 6.60. The topological polar surface area (TPSA) is 18.5 Å². The average molecular weight is 295 g/mol. The van der Waals surface area contributed by atoms with Crippen molar-refractivity contribution >= 4 is 11.6 Å². The molecule has 2 aliphatic rings. The second-order valence-electron chi connectivity index (χ2n) is 6.07. The van der Waals surface area contributed by atoms with Crippen molar-refractivity contribution in [3.63, 3.8) is 0 Å². The van der Waals surface area contributed by atoms with Crippen molar-refractivity contribution < 1.29 is 9.47 Å². The van der Waals surface area contributed by atoms with Crippen molar-refractivity contribution in [3.8, 4) is 11.5 Å². The first-order valence-corrected chi connectivity index (χ1v) is 8.22. The molecule has 2 nitrogen and oxygen atoms in total. The zero-order valence-corrected chi connectivity index (χ0v) is 12.9. The lowest BCUT2D eigenvalue weighted by Gasteiger charge is -2.50. The summed E-state index contributed by atoms with van der Waals surface area (Å²) in [6, 6.07) is 8.00. The fraction of sp³-hybridized carbons (Fsp3) is 0.647. The summed E-state index contributed by atoms with van der Waals surface area (Å²) in [7, 11) is 0. The van der Waals surface area contributed by atoms with E-state index in [9.17, 15) is 0 Å². The third-order valence-electron chi connectivity index (χ3n) is 4.80. The Morgan fingerprint density at radius 2 is 1.80 bits per heavy atom. The normalized spacial score (nSPS) is 27.3. The molecule has 20 heavy (non-hydrogen) atoms. The number of halogens is 1. The number of hydrogen-bond acceptors (Lipinski definition) is 2. The maximum absolute atomic E-state index is 6.46. The summed E-state index contributed by atoms with van der Waals surface area (Å²) in [4.78, 5) is 0. The van der Waals surface area contributed by atoms with E-state index in [0.717, 1.165) is 30.9 Å². The summed E-state index contributed by atoms with van der Waals surface area (Å²) < 4.78 is 11.8. The van der Waals surface area contributed by atoms with Gasteiger partial charge in [-0.2, -0.15) is 0 Å². The Hall–Kier alpha value is -0.890. The van der Waals surface area contributed by atoms with E-state index < -0.39 is 0 Å². The summed E-state index contributed by atoms with van der Waals surface area (Å²) in [5, 5.41) is 0.308. The largest absolute Gasteiger partial charge is 0.494 e. The molecule has 2 fully saturated rings. The van der Waals surface area contributed by atoms with Crippen LogP contribution in [0.5, 0.6) is 11.5 Å². The fourth-order valence-electron chi connectivity index (χ4n) is 3.53. The van der Waals surface area contributed by atoms with Crippen LogP contribution < -0.4 is 9.47 Å². The van der Waals surface area contributed by atoms with Gasteiger partial charge in [0.2, 0.25) is 0 Å². The molecule has 0 aromatic heterocycles. The number of benzene rings is 1. The van der Waals surface area contributed by atoms with Crippen molar-refractivity contribution in [2.24, 2.45) is 5.41 Å². The van der Waals surface area contributed by atoms with Gasteiger partial charge in [-0.05, 0) is 43.5 Å². The molecule has 3 heteroatoms. The average Bonchev–Trinajstić information content (AvgIpc) is 2.99. The smallest absolute Gasteiger partial charge is 0.120 e.